The Labute approximate surface area is 82.5 Å². The van der Waals surface area contributed by atoms with Gasteiger partial charge in [-0.15, -0.1) is 10.2 Å². The molecule has 14 heavy (non-hydrogen) atoms. The normalized spacial score (nSPS) is 12.5. The van der Waals surface area contributed by atoms with Crippen LogP contribution >= 0.6 is 0 Å². The minimum atomic E-state index is -0.463. The second-order valence-electron chi connectivity index (χ2n) is 3.19. The van der Waals surface area contributed by atoms with Crippen molar-refractivity contribution in [3.63, 3.8) is 0 Å². The first kappa shape index (κ1) is 10.6. The molecular weight excluding hydrogens is 182 g/mol. The van der Waals surface area contributed by atoms with Crippen molar-refractivity contribution in [1.29, 1.82) is 0 Å². The summed E-state index contributed by atoms with van der Waals surface area (Å²) in [6, 6.07) is -0.463. The van der Waals surface area contributed by atoms with Crippen LogP contribution < -0.4 is 11.1 Å². The van der Waals surface area contributed by atoms with Crippen LogP contribution in [0.2, 0.25) is 0 Å². The van der Waals surface area contributed by atoms with Gasteiger partial charge in [-0.25, -0.2) is 0 Å². The lowest BCUT2D eigenvalue weighted by Crippen LogP contribution is -2.39. The SMILES string of the molecule is CC(N)C(=O)NCCc1nncn1C. The van der Waals surface area contributed by atoms with Crippen LogP contribution in [0.15, 0.2) is 6.33 Å². The molecule has 1 heterocycles. The van der Waals surface area contributed by atoms with E-state index < -0.39 is 6.04 Å². The van der Waals surface area contributed by atoms with Gasteiger partial charge in [-0.05, 0) is 6.92 Å². The molecular formula is C8H15N5O. The van der Waals surface area contributed by atoms with Crippen molar-refractivity contribution in [2.24, 2.45) is 12.8 Å². The third kappa shape index (κ3) is 2.81. The topological polar surface area (TPSA) is 85.8 Å². The average Bonchev–Trinajstić information content (AvgIpc) is 2.51. The fraction of sp³-hybridized carbons (Fsp3) is 0.625. The Morgan fingerprint density at radius 2 is 2.50 bits per heavy atom. The smallest absolute Gasteiger partial charge is 0.236 e. The third-order valence-corrected chi connectivity index (χ3v) is 1.87. The molecule has 1 unspecified atom stereocenters. The molecule has 6 nitrogen and oxygen atoms in total. The van der Waals surface area contributed by atoms with Gasteiger partial charge in [0.05, 0.1) is 6.04 Å². The summed E-state index contributed by atoms with van der Waals surface area (Å²) in [5.41, 5.74) is 5.38. The summed E-state index contributed by atoms with van der Waals surface area (Å²) in [5, 5.41) is 10.3. The second-order valence-corrected chi connectivity index (χ2v) is 3.19. The zero-order valence-corrected chi connectivity index (χ0v) is 8.40. The van der Waals surface area contributed by atoms with Crippen molar-refractivity contribution in [2.75, 3.05) is 6.54 Å². The number of amides is 1. The number of rotatable bonds is 4. The molecule has 0 radical (unpaired) electrons. The van der Waals surface area contributed by atoms with Gasteiger partial charge in [0, 0.05) is 20.0 Å². The Morgan fingerprint density at radius 3 is 3.00 bits per heavy atom. The van der Waals surface area contributed by atoms with E-state index in [1.54, 1.807) is 13.3 Å². The molecule has 0 aromatic carbocycles. The van der Waals surface area contributed by atoms with Gasteiger partial charge >= 0.3 is 0 Å². The second kappa shape index (κ2) is 4.71. The molecule has 0 bridgehead atoms. The Morgan fingerprint density at radius 1 is 1.79 bits per heavy atom. The van der Waals surface area contributed by atoms with E-state index >= 15 is 0 Å². The van der Waals surface area contributed by atoms with Crippen LogP contribution in [0.25, 0.3) is 0 Å². The number of aromatic nitrogens is 3. The zero-order chi connectivity index (χ0) is 10.6. The number of aryl methyl sites for hydroxylation is 1. The molecule has 1 rings (SSSR count). The first-order valence-electron chi connectivity index (χ1n) is 4.47. The maximum atomic E-state index is 11.1. The Kier molecular flexibility index (Phi) is 3.58. The van der Waals surface area contributed by atoms with Crippen LogP contribution in [0.1, 0.15) is 12.7 Å². The quantitative estimate of drug-likeness (QED) is 0.636. The molecule has 0 saturated carbocycles. The molecule has 0 aliphatic carbocycles. The van der Waals surface area contributed by atoms with Gasteiger partial charge in [-0.3, -0.25) is 4.79 Å². The maximum absolute atomic E-state index is 11.1. The highest BCUT2D eigenvalue weighted by Gasteiger charge is 2.06. The lowest BCUT2D eigenvalue weighted by atomic mass is 10.3. The summed E-state index contributed by atoms with van der Waals surface area (Å²) in [7, 11) is 1.86. The number of nitrogens with zero attached hydrogens (tertiary/aromatic N) is 3. The molecule has 1 atom stereocenters. The molecule has 0 saturated heterocycles. The molecule has 78 valence electrons. The largest absolute Gasteiger partial charge is 0.354 e. The molecule has 1 aromatic heterocycles. The van der Waals surface area contributed by atoms with Gasteiger partial charge in [-0.1, -0.05) is 0 Å². The standard InChI is InChI=1S/C8H15N5O/c1-6(9)8(14)10-4-3-7-12-11-5-13(7)2/h5-6H,3-4,9H2,1-2H3,(H,10,14). The summed E-state index contributed by atoms with van der Waals surface area (Å²) < 4.78 is 1.82. The number of hydrogen-bond acceptors (Lipinski definition) is 4. The highest BCUT2D eigenvalue weighted by molar-refractivity contribution is 5.80. The highest BCUT2D eigenvalue weighted by atomic mass is 16.2. The van der Waals surface area contributed by atoms with Gasteiger partial charge < -0.3 is 15.6 Å². The Balaban J connectivity index is 2.29. The molecule has 0 aliphatic heterocycles. The van der Waals surface area contributed by atoms with Crippen molar-refractivity contribution >= 4 is 5.91 Å². The summed E-state index contributed by atoms with van der Waals surface area (Å²) in [5.74, 6) is 0.696. The van der Waals surface area contributed by atoms with Crippen LogP contribution in [-0.2, 0) is 18.3 Å². The summed E-state index contributed by atoms with van der Waals surface area (Å²) in [4.78, 5) is 11.1. The van der Waals surface area contributed by atoms with Crippen molar-refractivity contribution < 1.29 is 4.79 Å². The summed E-state index contributed by atoms with van der Waals surface area (Å²) in [6.07, 6.45) is 2.29. The van der Waals surface area contributed by atoms with E-state index in [2.05, 4.69) is 15.5 Å². The minimum Gasteiger partial charge on any atom is -0.354 e. The van der Waals surface area contributed by atoms with Crippen molar-refractivity contribution in [2.45, 2.75) is 19.4 Å². The molecule has 3 N–H and O–H groups in total. The zero-order valence-electron chi connectivity index (χ0n) is 8.40. The van der Waals surface area contributed by atoms with Gasteiger partial charge in [-0.2, -0.15) is 0 Å². The van der Waals surface area contributed by atoms with E-state index in [4.69, 9.17) is 5.73 Å². The van der Waals surface area contributed by atoms with E-state index in [1.165, 1.54) is 0 Å². The van der Waals surface area contributed by atoms with Crippen molar-refractivity contribution in [3.8, 4) is 0 Å². The predicted octanol–water partition coefficient (Wildman–Crippen LogP) is -1.18. The summed E-state index contributed by atoms with van der Waals surface area (Å²) >= 11 is 0. The van der Waals surface area contributed by atoms with Crippen LogP contribution in [0.5, 0.6) is 0 Å². The van der Waals surface area contributed by atoms with E-state index in [9.17, 15) is 4.79 Å². The molecule has 6 heteroatoms. The highest BCUT2D eigenvalue weighted by Crippen LogP contribution is 1.91. The molecule has 0 fully saturated rings. The number of hydrogen-bond donors (Lipinski definition) is 2. The maximum Gasteiger partial charge on any atom is 0.236 e. The lowest BCUT2D eigenvalue weighted by Gasteiger charge is -2.06. The molecule has 1 aromatic rings. The monoisotopic (exact) mass is 197 g/mol. The van der Waals surface area contributed by atoms with Crippen molar-refractivity contribution in [1.82, 2.24) is 20.1 Å². The minimum absolute atomic E-state index is 0.146. The van der Waals surface area contributed by atoms with Gasteiger partial charge in [0.2, 0.25) is 5.91 Å². The fourth-order valence-corrected chi connectivity index (χ4v) is 0.992. The predicted molar refractivity (Wildman–Crippen MR) is 51.4 cm³/mol. The molecule has 0 aliphatic rings. The Hall–Kier alpha value is -1.43. The third-order valence-electron chi connectivity index (χ3n) is 1.87. The van der Waals surface area contributed by atoms with Crippen LogP contribution in [-0.4, -0.2) is 33.3 Å². The van der Waals surface area contributed by atoms with Crippen LogP contribution in [0, 0.1) is 0 Å². The van der Waals surface area contributed by atoms with Crippen LogP contribution in [0.3, 0.4) is 0 Å². The summed E-state index contributed by atoms with van der Waals surface area (Å²) in [6.45, 7) is 2.19. The van der Waals surface area contributed by atoms with Crippen LogP contribution in [0.4, 0.5) is 0 Å². The fourth-order valence-electron chi connectivity index (χ4n) is 0.992. The van der Waals surface area contributed by atoms with Gasteiger partial charge in [0.25, 0.3) is 0 Å². The number of nitrogens with one attached hydrogen (secondary N) is 1. The number of carbonyl (C=O) groups is 1. The van der Waals surface area contributed by atoms with E-state index in [1.807, 2.05) is 11.6 Å². The lowest BCUT2D eigenvalue weighted by molar-refractivity contribution is -0.121. The van der Waals surface area contributed by atoms with E-state index in [-0.39, 0.29) is 5.91 Å². The Bertz CT molecular complexity index is 306. The number of nitrogens with two attached hydrogens (primary N) is 1. The van der Waals surface area contributed by atoms with Crippen molar-refractivity contribution in [3.05, 3.63) is 12.2 Å². The van der Waals surface area contributed by atoms with E-state index in [0.717, 1.165) is 5.82 Å². The van der Waals surface area contributed by atoms with E-state index in [0.29, 0.717) is 13.0 Å². The van der Waals surface area contributed by atoms with Gasteiger partial charge in [0.1, 0.15) is 12.2 Å². The van der Waals surface area contributed by atoms with Gasteiger partial charge in [0.15, 0.2) is 0 Å². The number of carbonyl (C=O) groups excluding carboxylic acids is 1. The first-order valence-corrected chi connectivity index (χ1v) is 4.47. The molecule has 0 spiro atoms. The molecule has 1 amide bonds. The average molecular weight is 197 g/mol. The first-order chi connectivity index (χ1) is 6.61.